The van der Waals surface area contributed by atoms with Crippen molar-refractivity contribution in [1.82, 2.24) is 23.8 Å². The Morgan fingerprint density at radius 3 is 2.32 bits per heavy atom. The molecule has 0 saturated heterocycles. The molecular weight excluding hydrogens is 466 g/mol. The Hall–Kier alpha value is -4.26. The van der Waals surface area contributed by atoms with Gasteiger partial charge in [-0.1, -0.05) is 0 Å². The standard InChI is InChI=1S/C20H25N9O4.ClH/c1-25(7-6-17(22)30)19(32)29-9-5-14(12-29)26(2)20(33)28-8-4-13(11-28)23-18(31)15-10-16(21)24-27(15)3;/h4-5,8-12H,6-7H2,1-3H3,(H2,21,24)(H2,22,30)(H,23,31);1H. The van der Waals surface area contributed by atoms with E-state index < -0.39 is 17.8 Å². The molecule has 0 atom stereocenters. The number of carbonyl (C=O) groups excluding carboxylic acids is 4. The number of nitrogens with two attached hydrogens (primary N) is 2. The summed E-state index contributed by atoms with van der Waals surface area (Å²) in [5.41, 5.74) is 11.9. The zero-order valence-corrected chi connectivity index (χ0v) is 19.7. The van der Waals surface area contributed by atoms with Crippen molar-refractivity contribution in [2.75, 3.05) is 36.6 Å². The van der Waals surface area contributed by atoms with Gasteiger partial charge in [-0.15, -0.1) is 12.4 Å². The maximum atomic E-state index is 12.9. The Morgan fingerprint density at radius 2 is 1.71 bits per heavy atom. The fourth-order valence-electron chi connectivity index (χ4n) is 3.04. The van der Waals surface area contributed by atoms with E-state index in [2.05, 4.69) is 10.4 Å². The second-order valence-electron chi connectivity index (χ2n) is 7.38. The van der Waals surface area contributed by atoms with Crippen LogP contribution in [0.5, 0.6) is 0 Å². The maximum Gasteiger partial charge on any atom is 0.332 e. The Labute approximate surface area is 201 Å². The highest BCUT2D eigenvalue weighted by Gasteiger charge is 2.18. The molecule has 182 valence electrons. The molecule has 4 amide bonds. The summed E-state index contributed by atoms with van der Waals surface area (Å²) < 4.78 is 3.96. The normalized spacial score (nSPS) is 10.3. The molecule has 0 aliphatic carbocycles. The molecule has 0 unspecified atom stereocenters. The summed E-state index contributed by atoms with van der Waals surface area (Å²) in [4.78, 5) is 51.3. The van der Waals surface area contributed by atoms with E-state index in [0.29, 0.717) is 11.4 Å². The van der Waals surface area contributed by atoms with E-state index in [-0.39, 0.29) is 42.9 Å². The fourth-order valence-corrected chi connectivity index (χ4v) is 3.04. The summed E-state index contributed by atoms with van der Waals surface area (Å²) in [5, 5.41) is 6.61. The van der Waals surface area contributed by atoms with E-state index in [1.807, 2.05) is 0 Å². The summed E-state index contributed by atoms with van der Waals surface area (Å²) in [7, 11) is 4.70. The van der Waals surface area contributed by atoms with E-state index in [1.54, 1.807) is 33.3 Å². The van der Waals surface area contributed by atoms with Gasteiger partial charge in [0.15, 0.2) is 0 Å². The van der Waals surface area contributed by atoms with Crippen molar-refractivity contribution in [2.24, 2.45) is 12.8 Å². The first kappa shape index (κ1) is 26.0. The first-order valence-electron chi connectivity index (χ1n) is 9.85. The number of hydrogen-bond donors (Lipinski definition) is 3. The number of hydrogen-bond acceptors (Lipinski definition) is 6. The molecule has 0 fully saturated rings. The number of aromatic nitrogens is 4. The van der Waals surface area contributed by atoms with Crippen LogP contribution in [-0.2, 0) is 11.8 Å². The predicted octanol–water partition coefficient (Wildman–Crippen LogP) is 1.16. The van der Waals surface area contributed by atoms with Gasteiger partial charge in [-0.3, -0.25) is 28.3 Å². The van der Waals surface area contributed by atoms with Crippen LogP contribution in [0.1, 0.15) is 16.9 Å². The van der Waals surface area contributed by atoms with E-state index in [9.17, 15) is 19.2 Å². The van der Waals surface area contributed by atoms with Gasteiger partial charge >= 0.3 is 12.1 Å². The summed E-state index contributed by atoms with van der Waals surface area (Å²) >= 11 is 0. The molecule has 0 aromatic carbocycles. The topological polar surface area (TPSA) is 167 Å². The summed E-state index contributed by atoms with van der Waals surface area (Å²) in [6.45, 7) is 0.180. The van der Waals surface area contributed by atoms with Crippen molar-refractivity contribution in [3.05, 3.63) is 48.7 Å². The van der Waals surface area contributed by atoms with Gasteiger partial charge in [-0.05, 0) is 12.1 Å². The van der Waals surface area contributed by atoms with Crippen LogP contribution < -0.4 is 21.7 Å². The van der Waals surface area contributed by atoms with E-state index in [1.165, 1.54) is 54.5 Å². The molecule has 5 N–H and O–H groups in total. The lowest BCUT2D eigenvalue weighted by Crippen LogP contribution is -2.33. The van der Waals surface area contributed by atoms with Crippen LogP contribution in [0.25, 0.3) is 0 Å². The lowest BCUT2D eigenvalue weighted by atomic mass is 10.3. The fraction of sp³-hybridized carbons (Fsp3) is 0.250. The molecule has 0 saturated carbocycles. The van der Waals surface area contributed by atoms with Gasteiger partial charge in [0.2, 0.25) is 5.91 Å². The number of aryl methyl sites for hydroxylation is 1. The van der Waals surface area contributed by atoms with Crippen molar-refractivity contribution >= 4 is 53.5 Å². The van der Waals surface area contributed by atoms with Crippen molar-refractivity contribution < 1.29 is 19.2 Å². The van der Waals surface area contributed by atoms with E-state index in [4.69, 9.17) is 11.5 Å². The van der Waals surface area contributed by atoms with Crippen LogP contribution >= 0.6 is 12.4 Å². The zero-order chi connectivity index (χ0) is 24.3. The highest BCUT2D eigenvalue weighted by molar-refractivity contribution is 6.04. The molecule has 3 aromatic rings. The highest BCUT2D eigenvalue weighted by Crippen LogP contribution is 2.17. The average molecular weight is 492 g/mol. The first-order chi connectivity index (χ1) is 15.6. The molecular formula is C20H26ClN9O4. The second-order valence-corrected chi connectivity index (χ2v) is 7.38. The Balaban J connectivity index is 0.00000408. The van der Waals surface area contributed by atoms with Gasteiger partial charge in [0.05, 0.1) is 11.4 Å². The van der Waals surface area contributed by atoms with Crippen molar-refractivity contribution in [1.29, 1.82) is 0 Å². The Bertz CT molecular complexity index is 1210. The monoisotopic (exact) mass is 491 g/mol. The molecule has 0 aliphatic rings. The Kier molecular flexibility index (Phi) is 8.08. The Morgan fingerprint density at radius 1 is 1.06 bits per heavy atom. The molecule has 13 nitrogen and oxygen atoms in total. The second kappa shape index (κ2) is 10.6. The number of anilines is 3. The number of amides is 4. The number of primary amides is 1. The third kappa shape index (κ3) is 5.75. The first-order valence-corrected chi connectivity index (χ1v) is 9.85. The summed E-state index contributed by atoms with van der Waals surface area (Å²) in [6.07, 6.45) is 6.04. The van der Waals surface area contributed by atoms with Gasteiger partial charge in [-0.25, -0.2) is 9.59 Å². The minimum atomic E-state index is -0.500. The smallest absolute Gasteiger partial charge is 0.332 e. The largest absolute Gasteiger partial charge is 0.382 e. The number of rotatable bonds is 6. The van der Waals surface area contributed by atoms with Gasteiger partial charge in [0.1, 0.15) is 11.5 Å². The number of nitrogens with zero attached hydrogens (tertiary/aromatic N) is 6. The van der Waals surface area contributed by atoms with Crippen molar-refractivity contribution in [3.8, 4) is 0 Å². The minimum Gasteiger partial charge on any atom is -0.382 e. The SMILES string of the molecule is CN(CCC(N)=O)C(=O)n1ccc(N(C)C(=O)n2ccc(NC(=O)c3cc(N)nn3C)c2)c1.Cl. The zero-order valence-electron chi connectivity index (χ0n) is 18.8. The van der Waals surface area contributed by atoms with Crippen LogP contribution in [0.3, 0.4) is 0 Å². The molecule has 14 heteroatoms. The number of nitrogen functional groups attached to an aromatic ring is 1. The molecule has 0 bridgehead atoms. The highest BCUT2D eigenvalue weighted by atomic mass is 35.5. The lowest BCUT2D eigenvalue weighted by molar-refractivity contribution is -0.118. The molecule has 34 heavy (non-hydrogen) atoms. The number of halogens is 1. The van der Waals surface area contributed by atoms with Crippen molar-refractivity contribution in [3.63, 3.8) is 0 Å². The molecule has 0 aliphatic heterocycles. The van der Waals surface area contributed by atoms with E-state index in [0.717, 1.165) is 0 Å². The van der Waals surface area contributed by atoms with Crippen LogP contribution in [0.15, 0.2) is 43.0 Å². The van der Waals surface area contributed by atoms with E-state index >= 15 is 0 Å². The molecule has 3 aromatic heterocycles. The lowest BCUT2D eigenvalue weighted by Gasteiger charge is -2.17. The molecule has 3 heterocycles. The number of nitrogens with one attached hydrogen (secondary N) is 1. The third-order valence-electron chi connectivity index (χ3n) is 4.90. The molecule has 0 radical (unpaired) electrons. The van der Waals surface area contributed by atoms with Crippen LogP contribution in [0.2, 0.25) is 0 Å². The molecule has 0 spiro atoms. The quantitative estimate of drug-likeness (QED) is 0.467. The third-order valence-corrected chi connectivity index (χ3v) is 4.90. The van der Waals surface area contributed by atoms with Gasteiger partial charge in [0.25, 0.3) is 5.91 Å². The van der Waals surface area contributed by atoms with Gasteiger partial charge in [0, 0.05) is 65.0 Å². The van der Waals surface area contributed by atoms with Crippen LogP contribution in [0, 0.1) is 0 Å². The van der Waals surface area contributed by atoms with Gasteiger partial charge < -0.3 is 21.7 Å². The summed E-state index contributed by atoms with van der Waals surface area (Å²) in [5.74, 6) is -0.697. The average Bonchev–Trinajstić information content (AvgIpc) is 3.50. The van der Waals surface area contributed by atoms with Crippen molar-refractivity contribution in [2.45, 2.75) is 6.42 Å². The van der Waals surface area contributed by atoms with Crippen LogP contribution in [0.4, 0.5) is 26.8 Å². The van der Waals surface area contributed by atoms with Gasteiger partial charge in [-0.2, -0.15) is 5.10 Å². The predicted molar refractivity (Wildman–Crippen MR) is 128 cm³/mol. The van der Waals surface area contributed by atoms with Crippen LogP contribution in [-0.4, -0.2) is 68.3 Å². The summed E-state index contributed by atoms with van der Waals surface area (Å²) in [6, 6.07) is 3.85. The number of carbonyl (C=O) groups is 4. The minimum absolute atomic E-state index is 0. The molecule has 3 rings (SSSR count). The maximum absolute atomic E-state index is 12.9.